The third-order valence-electron chi connectivity index (χ3n) is 2.80. The van der Waals surface area contributed by atoms with E-state index in [9.17, 15) is 4.39 Å². The Morgan fingerprint density at radius 3 is 2.53 bits per heavy atom. The molecule has 0 aromatic heterocycles. The molecule has 0 saturated heterocycles. The van der Waals surface area contributed by atoms with E-state index in [0.29, 0.717) is 11.3 Å². The first-order valence-electron chi connectivity index (χ1n) is 6.18. The fourth-order valence-corrected chi connectivity index (χ4v) is 1.81. The summed E-state index contributed by atoms with van der Waals surface area (Å²) < 4.78 is 19.3. The van der Waals surface area contributed by atoms with Crippen LogP contribution >= 0.6 is 0 Å². The van der Waals surface area contributed by atoms with Gasteiger partial charge >= 0.3 is 0 Å². The van der Waals surface area contributed by atoms with Gasteiger partial charge in [-0.15, -0.1) is 0 Å². The highest BCUT2D eigenvalue weighted by molar-refractivity contribution is 5.40. The molecule has 17 heavy (non-hydrogen) atoms. The van der Waals surface area contributed by atoms with E-state index in [2.05, 4.69) is 6.92 Å². The Morgan fingerprint density at radius 2 is 2.00 bits per heavy atom. The number of hydrogen-bond acceptors (Lipinski definition) is 2. The highest BCUT2D eigenvalue weighted by Gasteiger charge is 2.14. The number of aryl methyl sites for hydroxylation is 1. The number of halogens is 1. The molecule has 0 fully saturated rings. The molecule has 0 aliphatic carbocycles. The minimum absolute atomic E-state index is 0.127. The van der Waals surface area contributed by atoms with E-state index in [-0.39, 0.29) is 18.0 Å². The molecule has 2 atom stereocenters. The highest BCUT2D eigenvalue weighted by Crippen LogP contribution is 2.28. The molecule has 2 nitrogen and oxygen atoms in total. The van der Waals surface area contributed by atoms with Crippen LogP contribution in [0.15, 0.2) is 12.1 Å². The average molecular weight is 239 g/mol. The number of hydrogen-bond donors (Lipinski definition) is 1. The van der Waals surface area contributed by atoms with Crippen molar-refractivity contribution in [1.82, 2.24) is 0 Å². The zero-order chi connectivity index (χ0) is 13.0. The van der Waals surface area contributed by atoms with Gasteiger partial charge in [-0.3, -0.25) is 0 Å². The van der Waals surface area contributed by atoms with Crippen LogP contribution in [0.2, 0.25) is 0 Å². The van der Waals surface area contributed by atoms with E-state index in [0.717, 1.165) is 18.4 Å². The number of rotatable bonds is 5. The standard InChI is InChI=1S/C14H22FNO/c1-5-6-10(3)17-14-7-9(2)13(15)8-12(14)11(4)16/h7-8,10-11H,5-6,16H2,1-4H3. The lowest BCUT2D eigenvalue weighted by molar-refractivity contribution is 0.206. The van der Waals surface area contributed by atoms with Gasteiger partial charge in [-0.1, -0.05) is 13.3 Å². The molecule has 0 spiro atoms. The van der Waals surface area contributed by atoms with E-state index in [1.807, 2.05) is 13.8 Å². The van der Waals surface area contributed by atoms with Crippen LogP contribution in [0, 0.1) is 12.7 Å². The van der Waals surface area contributed by atoms with Crippen LogP contribution in [0.5, 0.6) is 5.75 Å². The highest BCUT2D eigenvalue weighted by atomic mass is 19.1. The van der Waals surface area contributed by atoms with Gasteiger partial charge in [0.25, 0.3) is 0 Å². The lowest BCUT2D eigenvalue weighted by Gasteiger charge is -2.19. The summed E-state index contributed by atoms with van der Waals surface area (Å²) in [6.07, 6.45) is 2.17. The zero-order valence-corrected chi connectivity index (χ0v) is 11.1. The van der Waals surface area contributed by atoms with Crippen molar-refractivity contribution in [2.45, 2.75) is 52.7 Å². The molecule has 0 heterocycles. The largest absolute Gasteiger partial charge is 0.490 e. The fourth-order valence-electron chi connectivity index (χ4n) is 1.81. The molecule has 0 aliphatic rings. The molecule has 1 aromatic carbocycles. The van der Waals surface area contributed by atoms with Gasteiger partial charge in [0.1, 0.15) is 11.6 Å². The number of nitrogens with two attached hydrogens (primary N) is 1. The predicted octanol–water partition coefficient (Wildman–Crippen LogP) is 3.72. The summed E-state index contributed by atoms with van der Waals surface area (Å²) in [5.74, 6) is 0.479. The minimum Gasteiger partial charge on any atom is -0.490 e. The molecule has 0 saturated carbocycles. The SMILES string of the molecule is CCCC(C)Oc1cc(C)c(F)cc1C(C)N. The minimum atomic E-state index is -0.229. The van der Waals surface area contributed by atoms with Crippen LogP contribution in [-0.4, -0.2) is 6.10 Å². The van der Waals surface area contributed by atoms with E-state index in [4.69, 9.17) is 10.5 Å². The molecule has 1 aromatic rings. The van der Waals surface area contributed by atoms with Crippen molar-refractivity contribution in [2.75, 3.05) is 0 Å². The quantitative estimate of drug-likeness (QED) is 0.850. The van der Waals surface area contributed by atoms with Gasteiger partial charge in [-0.05, 0) is 44.9 Å². The van der Waals surface area contributed by atoms with Crippen molar-refractivity contribution in [3.8, 4) is 5.75 Å². The first-order valence-corrected chi connectivity index (χ1v) is 6.18. The van der Waals surface area contributed by atoms with Gasteiger partial charge in [0.15, 0.2) is 0 Å². The van der Waals surface area contributed by atoms with Crippen molar-refractivity contribution in [3.63, 3.8) is 0 Å². The summed E-state index contributed by atoms with van der Waals surface area (Å²) in [6, 6.07) is 2.99. The maximum absolute atomic E-state index is 13.5. The molecule has 1 rings (SSSR count). The van der Waals surface area contributed by atoms with Crippen LogP contribution in [-0.2, 0) is 0 Å². The van der Waals surface area contributed by atoms with E-state index in [1.54, 1.807) is 13.0 Å². The third-order valence-corrected chi connectivity index (χ3v) is 2.80. The van der Waals surface area contributed by atoms with E-state index in [1.165, 1.54) is 6.07 Å². The molecule has 2 unspecified atom stereocenters. The van der Waals surface area contributed by atoms with Crippen molar-refractivity contribution in [1.29, 1.82) is 0 Å². The first kappa shape index (κ1) is 14.0. The van der Waals surface area contributed by atoms with Crippen LogP contribution in [0.25, 0.3) is 0 Å². The molecule has 0 aliphatic heterocycles. The topological polar surface area (TPSA) is 35.2 Å². The number of ether oxygens (including phenoxy) is 1. The van der Waals surface area contributed by atoms with Gasteiger partial charge in [0.2, 0.25) is 0 Å². The lowest BCUT2D eigenvalue weighted by Crippen LogP contribution is -2.15. The van der Waals surface area contributed by atoms with E-state index < -0.39 is 0 Å². The summed E-state index contributed by atoms with van der Waals surface area (Å²) >= 11 is 0. The maximum Gasteiger partial charge on any atom is 0.126 e. The predicted molar refractivity (Wildman–Crippen MR) is 68.7 cm³/mol. The molecule has 0 amide bonds. The summed E-state index contributed by atoms with van der Waals surface area (Å²) in [5, 5.41) is 0. The average Bonchev–Trinajstić information content (AvgIpc) is 2.23. The molecule has 2 N–H and O–H groups in total. The zero-order valence-electron chi connectivity index (χ0n) is 11.1. The summed E-state index contributed by atoms with van der Waals surface area (Å²) in [7, 11) is 0. The van der Waals surface area contributed by atoms with Crippen molar-refractivity contribution >= 4 is 0 Å². The normalized spacial score (nSPS) is 14.5. The second-order valence-electron chi connectivity index (χ2n) is 4.65. The fraction of sp³-hybridized carbons (Fsp3) is 0.571. The van der Waals surface area contributed by atoms with Crippen molar-refractivity contribution < 1.29 is 9.13 Å². The maximum atomic E-state index is 13.5. The Hall–Kier alpha value is -1.09. The van der Waals surface area contributed by atoms with Crippen LogP contribution in [0.4, 0.5) is 4.39 Å². The second-order valence-corrected chi connectivity index (χ2v) is 4.65. The monoisotopic (exact) mass is 239 g/mol. The Labute approximate surface area is 103 Å². The summed E-state index contributed by atoms with van der Waals surface area (Å²) in [5.41, 5.74) is 7.16. The Balaban J connectivity index is 3.00. The third kappa shape index (κ3) is 3.70. The van der Waals surface area contributed by atoms with Gasteiger partial charge < -0.3 is 10.5 Å². The van der Waals surface area contributed by atoms with Crippen LogP contribution in [0.3, 0.4) is 0 Å². The smallest absolute Gasteiger partial charge is 0.126 e. The van der Waals surface area contributed by atoms with Gasteiger partial charge in [0, 0.05) is 11.6 Å². The molecule has 0 bridgehead atoms. The summed E-state index contributed by atoms with van der Waals surface area (Å²) in [4.78, 5) is 0. The van der Waals surface area contributed by atoms with Gasteiger partial charge in [0.05, 0.1) is 6.10 Å². The van der Waals surface area contributed by atoms with Crippen LogP contribution < -0.4 is 10.5 Å². The van der Waals surface area contributed by atoms with E-state index >= 15 is 0 Å². The van der Waals surface area contributed by atoms with Crippen molar-refractivity contribution in [3.05, 3.63) is 29.1 Å². The van der Waals surface area contributed by atoms with Gasteiger partial charge in [-0.25, -0.2) is 4.39 Å². The molecule has 96 valence electrons. The van der Waals surface area contributed by atoms with Crippen LogP contribution in [0.1, 0.15) is 50.8 Å². The lowest BCUT2D eigenvalue weighted by atomic mass is 10.0. The number of benzene rings is 1. The molecule has 3 heteroatoms. The summed E-state index contributed by atoms with van der Waals surface area (Å²) in [6.45, 7) is 7.70. The second kappa shape index (κ2) is 6.01. The Morgan fingerprint density at radius 1 is 1.35 bits per heavy atom. The first-order chi connectivity index (χ1) is 7.95. The van der Waals surface area contributed by atoms with Crippen molar-refractivity contribution in [2.24, 2.45) is 5.73 Å². The Bertz CT molecular complexity index is 377. The van der Waals surface area contributed by atoms with Gasteiger partial charge in [-0.2, -0.15) is 0 Å². The molecule has 0 radical (unpaired) electrons. The Kier molecular flexibility index (Phi) is 4.94. The molecular weight excluding hydrogens is 217 g/mol. The molecular formula is C14H22FNO.